The van der Waals surface area contributed by atoms with Crippen LogP contribution >= 0.6 is 15.9 Å². The lowest BCUT2D eigenvalue weighted by atomic mass is 9.92. The molecule has 0 aliphatic heterocycles. The standard InChI is InChI=1S/C15H19BrN4O/c1-15(2,14(21)18-3)8-20-13-10-6-9(16)4-5-12(10)19-7-11(13)17/h4-7H,8,17H2,1-3H3,(H,18,21)(H,19,20). The molecule has 2 rings (SSSR count). The minimum absolute atomic E-state index is 0.0203. The fourth-order valence-corrected chi connectivity index (χ4v) is 2.47. The summed E-state index contributed by atoms with van der Waals surface area (Å²) >= 11 is 3.46. The van der Waals surface area contributed by atoms with E-state index in [1.54, 1.807) is 13.2 Å². The summed E-state index contributed by atoms with van der Waals surface area (Å²) in [4.78, 5) is 16.2. The first kappa shape index (κ1) is 15.6. The van der Waals surface area contributed by atoms with E-state index >= 15 is 0 Å². The zero-order valence-electron chi connectivity index (χ0n) is 12.3. The van der Waals surface area contributed by atoms with E-state index in [-0.39, 0.29) is 5.91 Å². The maximum atomic E-state index is 11.9. The van der Waals surface area contributed by atoms with Crippen molar-refractivity contribution >= 4 is 44.1 Å². The van der Waals surface area contributed by atoms with E-state index in [1.165, 1.54) is 0 Å². The van der Waals surface area contributed by atoms with Gasteiger partial charge < -0.3 is 16.4 Å². The first-order valence-electron chi connectivity index (χ1n) is 6.65. The normalized spacial score (nSPS) is 11.4. The Labute approximate surface area is 132 Å². The summed E-state index contributed by atoms with van der Waals surface area (Å²) < 4.78 is 0.955. The maximum absolute atomic E-state index is 11.9. The van der Waals surface area contributed by atoms with Crippen molar-refractivity contribution in [2.75, 3.05) is 24.6 Å². The number of hydrogen-bond acceptors (Lipinski definition) is 4. The third-order valence-electron chi connectivity index (χ3n) is 3.41. The van der Waals surface area contributed by atoms with Crippen LogP contribution in [0.4, 0.5) is 11.4 Å². The van der Waals surface area contributed by atoms with Gasteiger partial charge in [0.2, 0.25) is 5.91 Å². The van der Waals surface area contributed by atoms with Crippen LogP contribution in [0.2, 0.25) is 0 Å². The number of nitrogens with one attached hydrogen (secondary N) is 2. The molecule has 1 heterocycles. The smallest absolute Gasteiger partial charge is 0.227 e. The summed E-state index contributed by atoms with van der Waals surface area (Å²) in [6, 6.07) is 5.83. The Hall–Kier alpha value is -1.82. The average molecular weight is 351 g/mol. The number of nitrogen functional groups attached to an aromatic ring is 1. The maximum Gasteiger partial charge on any atom is 0.227 e. The second-order valence-electron chi connectivity index (χ2n) is 5.57. The Morgan fingerprint density at radius 2 is 2.14 bits per heavy atom. The van der Waals surface area contributed by atoms with E-state index in [9.17, 15) is 4.79 Å². The lowest BCUT2D eigenvalue weighted by molar-refractivity contribution is -0.128. The van der Waals surface area contributed by atoms with Crippen LogP contribution in [0.5, 0.6) is 0 Å². The molecule has 0 aliphatic carbocycles. The van der Waals surface area contributed by atoms with Gasteiger partial charge in [0.15, 0.2) is 0 Å². The molecule has 1 amide bonds. The molecule has 0 saturated carbocycles. The second kappa shape index (κ2) is 5.89. The predicted octanol–water partition coefficient (Wildman–Crippen LogP) is 2.76. The number of pyridine rings is 1. The van der Waals surface area contributed by atoms with Gasteiger partial charge in [0, 0.05) is 23.5 Å². The molecular weight excluding hydrogens is 332 g/mol. The van der Waals surface area contributed by atoms with Gasteiger partial charge in [-0.15, -0.1) is 0 Å². The molecule has 1 aromatic carbocycles. The highest BCUT2D eigenvalue weighted by Crippen LogP contribution is 2.31. The van der Waals surface area contributed by atoms with Crippen LogP contribution < -0.4 is 16.4 Å². The lowest BCUT2D eigenvalue weighted by Crippen LogP contribution is -2.39. The number of fused-ring (bicyclic) bond motifs is 1. The van der Waals surface area contributed by atoms with Crippen molar-refractivity contribution in [1.82, 2.24) is 10.3 Å². The van der Waals surface area contributed by atoms with Crippen LogP contribution in [0, 0.1) is 5.41 Å². The number of nitrogens with two attached hydrogens (primary N) is 1. The molecular formula is C15H19BrN4O. The van der Waals surface area contributed by atoms with Crippen LogP contribution in [0.3, 0.4) is 0 Å². The van der Waals surface area contributed by atoms with Crippen molar-refractivity contribution in [3.8, 4) is 0 Å². The van der Waals surface area contributed by atoms with Crippen LogP contribution in [0.15, 0.2) is 28.9 Å². The zero-order valence-corrected chi connectivity index (χ0v) is 13.9. The number of hydrogen-bond donors (Lipinski definition) is 3. The van der Waals surface area contributed by atoms with Crippen molar-refractivity contribution in [1.29, 1.82) is 0 Å². The van der Waals surface area contributed by atoms with Crippen molar-refractivity contribution < 1.29 is 4.79 Å². The van der Waals surface area contributed by atoms with Crippen LogP contribution in [0.25, 0.3) is 10.9 Å². The number of halogens is 1. The third-order valence-corrected chi connectivity index (χ3v) is 3.90. The molecule has 1 aromatic heterocycles. The van der Waals surface area contributed by atoms with E-state index in [0.717, 1.165) is 21.1 Å². The fraction of sp³-hybridized carbons (Fsp3) is 0.333. The molecule has 112 valence electrons. The highest BCUT2D eigenvalue weighted by atomic mass is 79.9. The van der Waals surface area contributed by atoms with Gasteiger partial charge >= 0.3 is 0 Å². The number of carbonyl (C=O) groups is 1. The fourth-order valence-electron chi connectivity index (χ4n) is 2.11. The number of aromatic nitrogens is 1. The first-order chi connectivity index (χ1) is 9.85. The van der Waals surface area contributed by atoms with Crippen molar-refractivity contribution in [2.24, 2.45) is 5.41 Å². The molecule has 0 fully saturated rings. The van der Waals surface area contributed by atoms with Gasteiger partial charge in [-0.25, -0.2) is 0 Å². The van der Waals surface area contributed by atoms with E-state index in [4.69, 9.17) is 5.73 Å². The summed E-state index contributed by atoms with van der Waals surface area (Å²) in [5, 5.41) is 6.89. The van der Waals surface area contributed by atoms with E-state index < -0.39 is 5.41 Å². The summed E-state index contributed by atoms with van der Waals surface area (Å²) in [7, 11) is 1.64. The number of benzene rings is 1. The Balaban J connectivity index is 2.36. The molecule has 0 saturated heterocycles. The van der Waals surface area contributed by atoms with Crippen molar-refractivity contribution in [3.05, 3.63) is 28.9 Å². The van der Waals surface area contributed by atoms with E-state index in [0.29, 0.717) is 12.2 Å². The lowest BCUT2D eigenvalue weighted by Gasteiger charge is -2.24. The Morgan fingerprint density at radius 1 is 1.43 bits per heavy atom. The van der Waals surface area contributed by atoms with Gasteiger partial charge in [0.1, 0.15) is 0 Å². The minimum atomic E-state index is -0.539. The molecule has 0 atom stereocenters. The summed E-state index contributed by atoms with van der Waals surface area (Å²) in [5.74, 6) is -0.0203. The molecule has 0 aliphatic rings. The largest absolute Gasteiger partial charge is 0.396 e. The molecule has 5 nitrogen and oxygen atoms in total. The number of amides is 1. The number of rotatable bonds is 4. The highest BCUT2D eigenvalue weighted by molar-refractivity contribution is 9.10. The average Bonchev–Trinajstić information content (AvgIpc) is 2.45. The van der Waals surface area contributed by atoms with Gasteiger partial charge in [0.05, 0.1) is 28.5 Å². The summed E-state index contributed by atoms with van der Waals surface area (Å²) in [5.41, 5.74) is 7.72. The second-order valence-corrected chi connectivity index (χ2v) is 6.48. The molecule has 6 heteroatoms. The Kier molecular flexibility index (Phi) is 4.37. The highest BCUT2D eigenvalue weighted by Gasteiger charge is 2.26. The van der Waals surface area contributed by atoms with E-state index in [2.05, 4.69) is 31.5 Å². The van der Waals surface area contributed by atoms with Crippen LogP contribution in [-0.4, -0.2) is 24.5 Å². The quantitative estimate of drug-likeness (QED) is 0.791. The van der Waals surface area contributed by atoms with Gasteiger partial charge in [-0.1, -0.05) is 15.9 Å². The van der Waals surface area contributed by atoms with Gasteiger partial charge in [-0.3, -0.25) is 9.78 Å². The zero-order chi connectivity index (χ0) is 15.6. The molecule has 0 spiro atoms. The van der Waals surface area contributed by atoms with Crippen molar-refractivity contribution in [3.63, 3.8) is 0 Å². The molecule has 0 bridgehead atoms. The van der Waals surface area contributed by atoms with E-state index in [1.807, 2.05) is 32.0 Å². The Morgan fingerprint density at radius 3 is 2.81 bits per heavy atom. The molecule has 0 radical (unpaired) electrons. The molecule has 4 N–H and O–H groups in total. The summed E-state index contributed by atoms with van der Waals surface area (Å²) in [6.07, 6.45) is 1.63. The number of carbonyl (C=O) groups excluding carboxylic acids is 1. The van der Waals surface area contributed by atoms with Gasteiger partial charge in [0.25, 0.3) is 0 Å². The minimum Gasteiger partial charge on any atom is -0.396 e. The number of nitrogens with zero attached hydrogens (tertiary/aromatic N) is 1. The molecule has 0 unspecified atom stereocenters. The Bertz CT molecular complexity index is 679. The van der Waals surface area contributed by atoms with Gasteiger partial charge in [-0.2, -0.15) is 0 Å². The summed E-state index contributed by atoms with van der Waals surface area (Å²) in [6.45, 7) is 4.24. The van der Waals surface area contributed by atoms with Crippen LogP contribution in [0.1, 0.15) is 13.8 Å². The topological polar surface area (TPSA) is 80.0 Å². The van der Waals surface area contributed by atoms with Crippen LogP contribution in [-0.2, 0) is 4.79 Å². The monoisotopic (exact) mass is 350 g/mol. The van der Waals surface area contributed by atoms with Crippen molar-refractivity contribution in [2.45, 2.75) is 13.8 Å². The molecule has 2 aromatic rings. The third kappa shape index (κ3) is 3.26. The predicted molar refractivity (Wildman–Crippen MR) is 90.2 cm³/mol. The van der Waals surface area contributed by atoms with Gasteiger partial charge in [-0.05, 0) is 32.0 Å². The first-order valence-corrected chi connectivity index (χ1v) is 7.44. The molecule has 21 heavy (non-hydrogen) atoms. The number of anilines is 2. The SMILES string of the molecule is CNC(=O)C(C)(C)CNc1c(N)cnc2ccc(Br)cc12.